The van der Waals surface area contributed by atoms with Crippen LogP contribution in [0.2, 0.25) is 0 Å². The number of nitrogens with one attached hydrogen (secondary N) is 1. The standard InChI is InChI=1S/C15H28N2O2/c1-12(13-5-3-7-16-10-13)9-15(18)17-8-4-6-14(11-17)19-2/h12-14,16H,3-11H2,1-2H3. The van der Waals surface area contributed by atoms with Crippen LogP contribution in [0.1, 0.15) is 39.0 Å². The molecule has 0 radical (unpaired) electrons. The zero-order chi connectivity index (χ0) is 13.7. The van der Waals surface area contributed by atoms with Crippen molar-refractivity contribution in [1.29, 1.82) is 0 Å². The van der Waals surface area contributed by atoms with Gasteiger partial charge < -0.3 is 15.0 Å². The van der Waals surface area contributed by atoms with Crippen molar-refractivity contribution in [3.8, 4) is 0 Å². The Balaban J connectivity index is 1.79. The molecule has 0 saturated carbocycles. The highest BCUT2D eigenvalue weighted by Gasteiger charge is 2.27. The topological polar surface area (TPSA) is 41.6 Å². The van der Waals surface area contributed by atoms with Crippen LogP contribution in [0.15, 0.2) is 0 Å². The van der Waals surface area contributed by atoms with E-state index in [9.17, 15) is 4.79 Å². The number of hydrogen-bond acceptors (Lipinski definition) is 3. The first-order valence-corrected chi connectivity index (χ1v) is 7.72. The molecule has 2 heterocycles. The number of amides is 1. The molecule has 3 unspecified atom stereocenters. The molecule has 2 fully saturated rings. The number of rotatable bonds is 4. The third-order valence-corrected chi connectivity index (χ3v) is 4.70. The monoisotopic (exact) mass is 268 g/mol. The molecular formula is C15H28N2O2. The molecule has 0 spiro atoms. The fourth-order valence-corrected chi connectivity index (χ4v) is 3.29. The van der Waals surface area contributed by atoms with Crippen LogP contribution in [0.3, 0.4) is 0 Å². The van der Waals surface area contributed by atoms with Gasteiger partial charge in [-0.15, -0.1) is 0 Å². The maximum atomic E-state index is 12.4. The largest absolute Gasteiger partial charge is 0.380 e. The predicted molar refractivity (Wildman–Crippen MR) is 76.0 cm³/mol. The van der Waals surface area contributed by atoms with Crippen LogP contribution >= 0.6 is 0 Å². The normalized spacial score (nSPS) is 30.1. The molecule has 2 saturated heterocycles. The van der Waals surface area contributed by atoms with Crippen molar-refractivity contribution >= 4 is 5.91 Å². The molecule has 4 nitrogen and oxygen atoms in total. The molecule has 110 valence electrons. The number of ether oxygens (including phenoxy) is 1. The van der Waals surface area contributed by atoms with Gasteiger partial charge in [0.2, 0.25) is 5.91 Å². The Kier molecular flexibility index (Phi) is 5.64. The summed E-state index contributed by atoms with van der Waals surface area (Å²) >= 11 is 0. The first-order chi connectivity index (χ1) is 9.20. The maximum Gasteiger partial charge on any atom is 0.222 e. The first-order valence-electron chi connectivity index (χ1n) is 7.72. The van der Waals surface area contributed by atoms with Crippen molar-refractivity contribution in [2.75, 3.05) is 33.3 Å². The van der Waals surface area contributed by atoms with Crippen molar-refractivity contribution in [1.82, 2.24) is 10.2 Å². The molecule has 2 aliphatic rings. The molecule has 0 bridgehead atoms. The molecule has 0 aromatic heterocycles. The van der Waals surface area contributed by atoms with Gasteiger partial charge in [0.1, 0.15) is 0 Å². The van der Waals surface area contributed by atoms with Gasteiger partial charge in [-0.05, 0) is 50.6 Å². The summed E-state index contributed by atoms with van der Waals surface area (Å²) in [6.45, 7) is 6.14. The van der Waals surface area contributed by atoms with E-state index in [2.05, 4.69) is 12.2 Å². The van der Waals surface area contributed by atoms with E-state index in [0.29, 0.717) is 24.2 Å². The minimum atomic E-state index is 0.240. The SMILES string of the molecule is COC1CCCN(C(=O)CC(C)C2CCCNC2)C1. The van der Waals surface area contributed by atoms with Crippen LogP contribution in [-0.4, -0.2) is 50.2 Å². The number of likely N-dealkylation sites (tertiary alicyclic amines) is 1. The fourth-order valence-electron chi connectivity index (χ4n) is 3.29. The summed E-state index contributed by atoms with van der Waals surface area (Å²) < 4.78 is 5.39. The molecule has 0 aliphatic carbocycles. The molecule has 4 heteroatoms. The third kappa shape index (κ3) is 4.18. The first kappa shape index (κ1) is 14.8. The average molecular weight is 268 g/mol. The van der Waals surface area contributed by atoms with Gasteiger partial charge in [-0.1, -0.05) is 6.92 Å². The highest BCUT2D eigenvalue weighted by molar-refractivity contribution is 5.76. The second-order valence-corrected chi connectivity index (χ2v) is 6.13. The molecule has 19 heavy (non-hydrogen) atoms. The van der Waals surface area contributed by atoms with Crippen LogP contribution in [0.4, 0.5) is 0 Å². The molecule has 0 aromatic carbocycles. The van der Waals surface area contributed by atoms with E-state index >= 15 is 0 Å². The lowest BCUT2D eigenvalue weighted by Crippen LogP contribution is -2.44. The molecule has 3 atom stereocenters. The lowest BCUT2D eigenvalue weighted by molar-refractivity contribution is -0.136. The van der Waals surface area contributed by atoms with E-state index in [1.807, 2.05) is 4.90 Å². The Bertz CT molecular complexity index is 290. The van der Waals surface area contributed by atoms with Crippen molar-refractivity contribution in [3.05, 3.63) is 0 Å². The number of methoxy groups -OCH3 is 1. The predicted octanol–water partition coefficient (Wildman–Crippen LogP) is 1.65. The summed E-state index contributed by atoms with van der Waals surface area (Å²) in [5, 5.41) is 3.44. The molecule has 2 aliphatic heterocycles. The van der Waals surface area contributed by atoms with Gasteiger partial charge in [0.05, 0.1) is 6.10 Å². The molecule has 1 amide bonds. The number of carbonyl (C=O) groups excluding carboxylic acids is 1. The van der Waals surface area contributed by atoms with Crippen molar-refractivity contribution in [3.63, 3.8) is 0 Å². The quantitative estimate of drug-likeness (QED) is 0.843. The van der Waals surface area contributed by atoms with Crippen LogP contribution < -0.4 is 5.32 Å². The molecule has 1 N–H and O–H groups in total. The third-order valence-electron chi connectivity index (χ3n) is 4.70. The number of carbonyl (C=O) groups is 1. The number of piperidine rings is 2. The molecular weight excluding hydrogens is 240 g/mol. The van der Waals surface area contributed by atoms with Gasteiger partial charge in [0.15, 0.2) is 0 Å². The summed E-state index contributed by atoms with van der Waals surface area (Å²) in [7, 11) is 1.75. The van der Waals surface area contributed by atoms with Gasteiger partial charge in [0, 0.05) is 26.6 Å². The van der Waals surface area contributed by atoms with Crippen molar-refractivity contribution in [2.24, 2.45) is 11.8 Å². The van der Waals surface area contributed by atoms with E-state index in [0.717, 1.165) is 39.0 Å². The van der Waals surface area contributed by atoms with Crippen LogP contribution in [0.25, 0.3) is 0 Å². The van der Waals surface area contributed by atoms with Crippen molar-refractivity contribution < 1.29 is 9.53 Å². The smallest absolute Gasteiger partial charge is 0.222 e. The Labute approximate surface area is 116 Å². The van der Waals surface area contributed by atoms with Crippen molar-refractivity contribution in [2.45, 2.75) is 45.1 Å². The highest BCUT2D eigenvalue weighted by atomic mass is 16.5. The average Bonchev–Trinajstić information content (AvgIpc) is 2.48. The Morgan fingerprint density at radius 1 is 1.42 bits per heavy atom. The molecule has 2 rings (SSSR count). The van der Waals surface area contributed by atoms with E-state index in [1.165, 1.54) is 12.8 Å². The fraction of sp³-hybridized carbons (Fsp3) is 0.933. The van der Waals surface area contributed by atoms with Crippen LogP contribution in [-0.2, 0) is 9.53 Å². The van der Waals surface area contributed by atoms with E-state index in [-0.39, 0.29) is 6.10 Å². The Morgan fingerprint density at radius 2 is 2.26 bits per heavy atom. The lowest BCUT2D eigenvalue weighted by Gasteiger charge is -2.34. The summed E-state index contributed by atoms with van der Waals surface area (Å²) in [5.41, 5.74) is 0. The van der Waals surface area contributed by atoms with Gasteiger partial charge >= 0.3 is 0 Å². The Hall–Kier alpha value is -0.610. The summed E-state index contributed by atoms with van der Waals surface area (Å²) in [6.07, 6.45) is 5.61. The summed E-state index contributed by atoms with van der Waals surface area (Å²) in [4.78, 5) is 14.4. The summed E-state index contributed by atoms with van der Waals surface area (Å²) in [6, 6.07) is 0. The maximum absolute atomic E-state index is 12.4. The Morgan fingerprint density at radius 3 is 2.95 bits per heavy atom. The molecule has 0 aromatic rings. The van der Waals surface area contributed by atoms with Crippen LogP contribution in [0, 0.1) is 11.8 Å². The van der Waals surface area contributed by atoms with E-state index < -0.39 is 0 Å². The minimum Gasteiger partial charge on any atom is -0.380 e. The van der Waals surface area contributed by atoms with Gasteiger partial charge in [-0.2, -0.15) is 0 Å². The van der Waals surface area contributed by atoms with E-state index in [4.69, 9.17) is 4.74 Å². The highest BCUT2D eigenvalue weighted by Crippen LogP contribution is 2.24. The van der Waals surface area contributed by atoms with Gasteiger partial charge in [0.25, 0.3) is 0 Å². The zero-order valence-corrected chi connectivity index (χ0v) is 12.4. The van der Waals surface area contributed by atoms with Gasteiger partial charge in [-0.3, -0.25) is 4.79 Å². The minimum absolute atomic E-state index is 0.240. The number of nitrogens with zero attached hydrogens (tertiary/aromatic N) is 1. The van der Waals surface area contributed by atoms with Crippen LogP contribution in [0.5, 0.6) is 0 Å². The van der Waals surface area contributed by atoms with Gasteiger partial charge in [-0.25, -0.2) is 0 Å². The number of hydrogen-bond donors (Lipinski definition) is 1. The second-order valence-electron chi connectivity index (χ2n) is 6.13. The lowest BCUT2D eigenvalue weighted by atomic mass is 9.85. The zero-order valence-electron chi connectivity index (χ0n) is 12.4. The summed E-state index contributed by atoms with van der Waals surface area (Å²) in [5.74, 6) is 1.48. The second kappa shape index (κ2) is 7.25. The van der Waals surface area contributed by atoms with E-state index in [1.54, 1.807) is 7.11 Å².